The van der Waals surface area contributed by atoms with Gasteiger partial charge in [0.1, 0.15) is 10.1 Å². The molecule has 2 saturated carbocycles. The lowest BCUT2D eigenvalue weighted by Gasteiger charge is -2.00. The molecule has 1 N–H and O–H groups in total. The third-order valence-corrected chi connectivity index (χ3v) is 4.76. The van der Waals surface area contributed by atoms with E-state index >= 15 is 0 Å². The lowest BCUT2D eigenvalue weighted by atomic mass is 10.0. The summed E-state index contributed by atoms with van der Waals surface area (Å²) in [5.74, 6) is 0.459. The maximum Gasteiger partial charge on any atom is 0.133 e. The van der Waals surface area contributed by atoms with E-state index in [1.165, 1.54) is 19.3 Å². The molecule has 0 spiro atoms. The highest BCUT2D eigenvalue weighted by Gasteiger charge is 2.64. The molecule has 21 heavy (non-hydrogen) atoms. The van der Waals surface area contributed by atoms with Crippen LogP contribution in [0.15, 0.2) is 54.6 Å². The smallest absolute Gasteiger partial charge is 0.133 e. The summed E-state index contributed by atoms with van der Waals surface area (Å²) < 4.78 is -0.752. The molecule has 2 atom stereocenters. The number of halogens is 2. The van der Waals surface area contributed by atoms with Gasteiger partial charge in [0.25, 0.3) is 0 Å². The van der Waals surface area contributed by atoms with Gasteiger partial charge < -0.3 is 5.11 Å². The van der Waals surface area contributed by atoms with Gasteiger partial charge in [0.2, 0.25) is 0 Å². The minimum absolute atomic E-state index is 0.0869. The highest BCUT2D eigenvalue weighted by Crippen LogP contribution is 2.70. The molecule has 0 bridgehead atoms. The van der Waals surface area contributed by atoms with Gasteiger partial charge in [0, 0.05) is 11.8 Å². The molecule has 2 aliphatic rings. The van der Waals surface area contributed by atoms with Gasteiger partial charge in [-0.3, -0.25) is 0 Å². The normalized spacial score (nSPS) is 24.7. The Kier molecular flexibility index (Phi) is 4.14. The highest BCUT2D eigenvalue weighted by molar-refractivity contribution is 6.52. The monoisotopic (exact) mass is 320 g/mol. The van der Waals surface area contributed by atoms with Crippen LogP contribution in [0.4, 0.5) is 0 Å². The van der Waals surface area contributed by atoms with E-state index in [0.717, 1.165) is 11.1 Å². The first-order valence-electron chi connectivity index (χ1n) is 7.32. The third kappa shape index (κ3) is 3.36. The first kappa shape index (κ1) is 14.7. The van der Waals surface area contributed by atoms with Crippen molar-refractivity contribution in [1.82, 2.24) is 0 Å². The second-order valence-electron chi connectivity index (χ2n) is 5.69. The van der Waals surface area contributed by atoms with Crippen LogP contribution in [0, 0.1) is 0 Å². The molecule has 2 aromatic rings. The lowest BCUT2D eigenvalue weighted by molar-refractivity contribution is 0.475. The van der Waals surface area contributed by atoms with Crippen molar-refractivity contribution in [3.05, 3.63) is 65.7 Å². The van der Waals surface area contributed by atoms with Crippen LogP contribution in [0.25, 0.3) is 0 Å². The van der Waals surface area contributed by atoms with Gasteiger partial charge in [0.05, 0.1) is 0 Å². The molecule has 0 amide bonds. The Hall–Kier alpha value is -1.18. The number of phenolic OH excluding ortho intramolecular Hbond substituents is 1. The number of hydrogen-bond acceptors (Lipinski definition) is 1. The largest absolute Gasteiger partial charge is 0.508 e. The van der Waals surface area contributed by atoms with E-state index in [9.17, 15) is 5.11 Å². The van der Waals surface area contributed by atoms with Gasteiger partial charge in [-0.15, -0.1) is 23.2 Å². The van der Waals surface area contributed by atoms with E-state index in [-0.39, 0.29) is 17.6 Å². The molecular formula is C18H18Cl2O. The zero-order valence-corrected chi connectivity index (χ0v) is 13.2. The molecule has 0 radical (unpaired) electrons. The van der Waals surface area contributed by atoms with Crippen LogP contribution in [0.2, 0.25) is 0 Å². The molecule has 1 nitrogen and oxygen atoms in total. The first-order chi connectivity index (χ1) is 10.1. The Balaban J connectivity index is 0.000000393. The maximum atomic E-state index is 9.31. The van der Waals surface area contributed by atoms with Crippen molar-refractivity contribution in [2.45, 2.75) is 35.4 Å². The quantitative estimate of drug-likeness (QED) is 0.712. The highest BCUT2D eigenvalue weighted by atomic mass is 35.5. The zero-order valence-electron chi connectivity index (χ0n) is 11.7. The minimum Gasteiger partial charge on any atom is -0.508 e. The summed E-state index contributed by atoms with van der Waals surface area (Å²) in [6.45, 7) is 0. The van der Waals surface area contributed by atoms with Gasteiger partial charge in [-0.1, -0.05) is 61.7 Å². The van der Waals surface area contributed by atoms with Crippen molar-refractivity contribution in [2.24, 2.45) is 0 Å². The molecule has 2 fully saturated rings. The number of benzene rings is 2. The van der Waals surface area contributed by atoms with E-state index in [2.05, 4.69) is 0 Å². The standard InChI is InChI=1S/C15H12Cl2O.C3H6/c16-15(17)13(10-4-2-1-3-5-10)14(15)11-6-8-12(18)9-7-11;1-2-3-1/h1-9,13-14,18H;1-3H2. The number of hydrogen-bond donors (Lipinski definition) is 1. The van der Waals surface area contributed by atoms with E-state index in [1.807, 2.05) is 42.5 Å². The third-order valence-electron chi connectivity index (χ3n) is 3.82. The second-order valence-corrected chi connectivity index (χ2v) is 7.14. The van der Waals surface area contributed by atoms with Crippen LogP contribution >= 0.6 is 23.2 Å². The fraction of sp³-hybridized carbons (Fsp3) is 0.333. The molecule has 0 aromatic heterocycles. The average molecular weight is 321 g/mol. The Labute approximate surface area is 135 Å². The van der Waals surface area contributed by atoms with Crippen LogP contribution in [-0.2, 0) is 0 Å². The SMILES string of the molecule is C1CC1.Oc1ccc(C2C(c3ccccc3)C2(Cl)Cl)cc1. The Morgan fingerprint density at radius 3 is 1.71 bits per heavy atom. The summed E-state index contributed by atoms with van der Waals surface area (Å²) in [4.78, 5) is 0. The van der Waals surface area contributed by atoms with E-state index in [0.29, 0.717) is 0 Å². The molecule has 2 unspecified atom stereocenters. The number of phenols is 1. The topological polar surface area (TPSA) is 20.2 Å². The molecule has 0 saturated heterocycles. The van der Waals surface area contributed by atoms with Crippen LogP contribution in [-0.4, -0.2) is 9.44 Å². The maximum absolute atomic E-state index is 9.31. The molecule has 0 aliphatic heterocycles. The number of rotatable bonds is 2. The van der Waals surface area contributed by atoms with Gasteiger partial charge >= 0.3 is 0 Å². The summed E-state index contributed by atoms with van der Waals surface area (Å²) in [7, 11) is 0. The van der Waals surface area contributed by atoms with Gasteiger partial charge in [-0.25, -0.2) is 0 Å². The number of alkyl halides is 2. The second kappa shape index (κ2) is 5.90. The minimum atomic E-state index is -0.752. The summed E-state index contributed by atoms with van der Waals surface area (Å²) >= 11 is 12.8. The zero-order chi connectivity index (χ0) is 14.9. The van der Waals surface area contributed by atoms with E-state index in [4.69, 9.17) is 23.2 Å². The van der Waals surface area contributed by atoms with Gasteiger partial charge in [0.15, 0.2) is 0 Å². The van der Waals surface area contributed by atoms with Gasteiger partial charge in [-0.2, -0.15) is 0 Å². The van der Waals surface area contributed by atoms with Crippen LogP contribution in [0.5, 0.6) is 5.75 Å². The van der Waals surface area contributed by atoms with Crippen molar-refractivity contribution in [2.75, 3.05) is 0 Å². The molecule has 3 heteroatoms. The van der Waals surface area contributed by atoms with E-state index in [1.54, 1.807) is 12.1 Å². The fourth-order valence-corrected chi connectivity index (χ4v) is 3.38. The van der Waals surface area contributed by atoms with Crippen molar-refractivity contribution >= 4 is 23.2 Å². The molecule has 2 aromatic carbocycles. The van der Waals surface area contributed by atoms with Crippen molar-refractivity contribution < 1.29 is 5.11 Å². The van der Waals surface area contributed by atoms with Gasteiger partial charge in [-0.05, 0) is 23.3 Å². The summed E-state index contributed by atoms with van der Waals surface area (Å²) in [5.41, 5.74) is 2.22. The Bertz CT molecular complexity index is 588. The summed E-state index contributed by atoms with van der Waals surface area (Å²) in [6, 6.07) is 17.1. The average Bonchev–Trinajstić information content (AvgIpc) is 3.38. The van der Waals surface area contributed by atoms with Crippen molar-refractivity contribution in [1.29, 1.82) is 0 Å². The first-order valence-corrected chi connectivity index (χ1v) is 8.08. The molecule has 0 heterocycles. The van der Waals surface area contributed by atoms with Crippen molar-refractivity contribution in [3.8, 4) is 5.75 Å². The Morgan fingerprint density at radius 2 is 1.24 bits per heavy atom. The van der Waals surface area contributed by atoms with Crippen LogP contribution in [0.1, 0.15) is 42.2 Å². The molecule has 2 aliphatic carbocycles. The molecule has 110 valence electrons. The molecular weight excluding hydrogens is 303 g/mol. The molecule has 4 rings (SSSR count). The lowest BCUT2D eigenvalue weighted by Crippen LogP contribution is -1.90. The predicted molar refractivity (Wildman–Crippen MR) is 88.3 cm³/mol. The van der Waals surface area contributed by atoms with Crippen LogP contribution in [0.3, 0.4) is 0 Å². The predicted octanol–water partition coefficient (Wildman–Crippen LogP) is 5.62. The number of aromatic hydroxyl groups is 1. The summed E-state index contributed by atoms with van der Waals surface area (Å²) in [6.07, 6.45) is 4.50. The van der Waals surface area contributed by atoms with Crippen LogP contribution < -0.4 is 0 Å². The fourth-order valence-electron chi connectivity index (χ4n) is 2.50. The van der Waals surface area contributed by atoms with Crippen molar-refractivity contribution in [3.63, 3.8) is 0 Å². The summed E-state index contributed by atoms with van der Waals surface area (Å²) in [5, 5.41) is 9.31. The van der Waals surface area contributed by atoms with E-state index < -0.39 is 4.33 Å². The Morgan fingerprint density at radius 1 is 0.762 bits per heavy atom.